The fourth-order valence-electron chi connectivity index (χ4n) is 2.71. The number of hydrogen-bond acceptors (Lipinski definition) is 6. The van der Waals surface area contributed by atoms with E-state index in [1.807, 2.05) is 49.4 Å². The van der Waals surface area contributed by atoms with Crippen LogP contribution in [-0.4, -0.2) is 35.1 Å². The van der Waals surface area contributed by atoms with Crippen molar-refractivity contribution in [1.82, 2.24) is 10.1 Å². The maximum Gasteiger partial charge on any atom is 0.377 e. The molecule has 0 saturated carbocycles. The minimum absolute atomic E-state index is 0.00461. The summed E-state index contributed by atoms with van der Waals surface area (Å²) in [5.41, 5.74) is 1.73. The van der Waals surface area contributed by atoms with E-state index >= 15 is 0 Å². The number of carbonyl (C=O) groups is 2. The number of aryl methyl sites for hydroxylation is 2. The van der Waals surface area contributed by atoms with Gasteiger partial charge in [-0.25, -0.2) is 4.79 Å². The van der Waals surface area contributed by atoms with Crippen LogP contribution in [0.4, 0.5) is 0 Å². The Morgan fingerprint density at radius 2 is 1.93 bits per heavy atom. The van der Waals surface area contributed by atoms with E-state index in [0.717, 1.165) is 16.9 Å². The second kappa shape index (κ2) is 9.32. The number of thiophene rings is 1. The lowest BCUT2D eigenvalue weighted by Gasteiger charge is -2.22. The molecular weight excluding hydrogens is 376 g/mol. The zero-order valence-electron chi connectivity index (χ0n) is 15.9. The lowest BCUT2D eigenvalue weighted by molar-refractivity contribution is -0.135. The van der Waals surface area contributed by atoms with E-state index in [1.54, 1.807) is 23.2 Å². The summed E-state index contributed by atoms with van der Waals surface area (Å²) in [4.78, 5) is 28.7. The van der Waals surface area contributed by atoms with Crippen LogP contribution in [0.1, 0.15) is 31.6 Å². The highest BCUT2D eigenvalue weighted by Crippen LogP contribution is 2.18. The fourth-order valence-corrected chi connectivity index (χ4v) is 3.61. The van der Waals surface area contributed by atoms with Gasteiger partial charge in [0.05, 0.1) is 12.2 Å². The topological polar surface area (TPSA) is 72.6 Å². The van der Waals surface area contributed by atoms with E-state index in [4.69, 9.17) is 9.26 Å². The maximum atomic E-state index is 12.7. The van der Waals surface area contributed by atoms with Crippen molar-refractivity contribution in [2.45, 2.75) is 26.8 Å². The average molecular weight is 398 g/mol. The quantitative estimate of drug-likeness (QED) is 0.540. The molecule has 1 amide bonds. The summed E-state index contributed by atoms with van der Waals surface area (Å²) in [6, 6.07) is 15.5. The van der Waals surface area contributed by atoms with Crippen molar-refractivity contribution in [1.29, 1.82) is 0 Å². The molecule has 0 saturated heterocycles. The van der Waals surface area contributed by atoms with Gasteiger partial charge in [-0.2, -0.15) is 0 Å². The highest BCUT2D eigenvalue weighted by atomic mass is 32.1. The number of carbonyl (C=O) groups excluding carboxylic acids is 2. The van der Waals surface area contributed by atoms with E-state index in [1.165, 1.54) is 10.9 Å². The summed E-state index contributed by atoms with van der Waals surface area (Å²) >= 11 is 1.65. The molecule has 0 bridgehead atoms. The third-order valence-corrected chi connectivity index (χ3v) is 5.15. The minimum Gasteiger partial charge on any atom is -0.450 e. The molecule has 0 radical (unpaired) electrons. The molecule has 6 nitrogen and oxygen atoms in total. The molecule has 0 spiro atoms. The van der Waals surface area contributed by atoms with Gasteiger partial charge in [0, 0.05) is 22.4 Å². The largest absolute Gasteiger partial charge is 0.450 e. The van der Waals surface area contributed by atoms with Gasteiger partial charge in [-0.1, -0.05) is 35.5 Å². The second-order valence-corrected chi connectivity index (χ2v) is 7.84. The van der Waals surface area contributed by atoms with Gasteiger partial charge in [0.1, 0.15) is 0 Å². The first-order valence-corrected chi connectivity index (χ1v) is 9.80. The van der Waals surface area contributed by atoms with Crippen LogP contribution in [0.3, 0.4) is 0 Å². The first-order chi connectivity index (χ1) is 13.5. The molecule has 2 heterocycles. The van der Waals surface area contributed by atoms with Gasteiger partial charge < -0.3 is 14.2 Å². The Bertz CT molecular complexity index is 933. The van der Waals surface area contributed by atoms with Crippen LogP contribution in [0.15, 0.2) is 53.1 Å². The highest BCUT2D eigenvalue weighted by molar-refractivity contribution is 7.11. The lowest BCUT2D eigenvalue weighted by Crippen LogP contribution is -2.35. The molecule has 7 heteroatoms. The minimum atomic E-state index is -0.691. The predicted molar refractivity (Wildman–Crippen MR) is 106 cm³/mol. The monoisotopic (exact) mass is 398 g/mol. The zero-order chi connectivity index (χ0) is 19.9. The standard InChI is InChI=1S/C21H22N2O4S/c1-15-12-19(27-22-15)21(25)26-14-20(24)23(13-18-9-8-16(2)28-18)11-10-17-6-4-3-5-7-17/h3-9,12H,10-11,13-14H2,1-2H3. The Hall–Kier alpha value is -2.93. The number of hydrogen-bond donors (Lipinski definition) is 0. The molecule has 0 aliphatic heterocycles. The number of benzene rings is 1. The van der Waals surface area contributed by atoms with Crippen molar-refractivity contribution in [3.8, 4) is 0 Å². The molecule has 0 atom stereocenters. The van der Waals surface area contributed by atoms with Crippen LogP contribution in [-0.2, 0) is 22.5 Å². The number of amides is 1. The molecule has 1 aromatic carbocycles. The molecule has 2 aromatic heterocycles. The summed E-state index contributed by atoms with van der Waals surface area (Å²) in [5.74, 6) is -0.939. The summed E-state index contributed by atoms with van der Waals surface area (Å²) in [7, 11) is 0. The van der Waals surface area contributed by atoms with Crippen LogP contribution < -0.4 is 0 Å². The smallest absolute Gasteiger partial charge is 0.377 e. The number of ether oxygens (including phenoxy) is 1. The van der Waals surface area contributed by atoms with Crippen LogP contribution in [0.2, 0.25) is 0 Å². The van der Waals surface area contributed by atoms with Gasteiger partial charge in [0.25, 0.3) is 5.91 Å². The third kappa shape index (κ3) is 5.53. The molecule has 28 heavy (non-hydrogen) atoms. The van der Waals surface area contributed by atoms with E-state index in [-0.39, 0.29) is 18.3 Å². The van der Waals surface area contributed by atoms with Crippen molar-refractivity contribution in [3.63, 3.8) is 0 Å². The summed E-state index contributed by atoms with van der Waals surface area (Å²) in [6.07, 6.45) is 0.728. The predicted octanol–water partition coefficient (Wildman–Crippen LogP) is 3.78. The molecule has 0 fully saturated rings. The Kier molecular flexibility index (Phi) is 6.60. The Morgan fingerprint density at radius 3 is 2.57 bits per heavy atom. The average Bonchev–Trinajstić information content (AvgIpc) is 3.31. The maximum absolute atomic E-state index is 12.7. The SMILES string of the molecule is Cc1cc(C(=O)OCC(=O)N(CCc2ccccc2)Cc2ccc(C)s2)on1. The number of esters is 1. The van der Waals surface area contributed by atoms with Gasteiger partial charge >= 0.3 is 5.97 Å². The number of rotatable bonds is 8. The van der Waals surface area contributed by atoms with E-state index < -0.39 is 5.97 Å². The van der Waals surface area contributed by atoms with Crippen molar-refractivity contribution in [2.24, 2.45) is 0 Å². The second-order valence-electron chi connectivity index (χ2n) is 6.47. The third-order valence-electron chi connectivity index (χ3n) is 4.16. The number of aromatic nitrogens is 1. The Balaban J connectivity index is 1.62. The summed E-state index contributed by atoms with van der Waals surface area (Å²) in [5, 5.41) is 3.65. The zero-order valence-corrected chi connectivity index (χ0v) is 16.7. The van der Waals surface area contributed by atoms with Crippen molar-refractivity contribution >= 4 is 23.2 Å². The van der Waals surface area contributed by atoms with E-state index in [9.17, 15) is 9.59 Å². The lowest BCUT2D eigenvalue weighted by atomic mass is 10.1. The first kappa shape index (κ1) is 19.8. The molecule has 0 aliphatic rings. The summed E-state index contributed by atoms with van der Waals surface area (Å²) < 4.78 is 9.99. The Labute approximate surface area is 167 Å². The normalized spacial score (nSPS) is 10.6. The van der Waals surface area contributed by atoms with Crippen molar-refractivity contribution in [3.05, 3.63) is 75.3 Å². The van der Waals surface area contributed by atoms with Crippen molar-refractivity contribution < 1.29 is 18.8 Å². The fraction of sp³-hybridized carbons (Fsp3) is 0.286. The summed E-state index contributed by atoms with van der Waals surface area (Å²) in [6.45, 7) is 4.44. The first-order valence-electron chi connectivity index (χ1n) is 8.99. The number of nitrogens with zero attached hydrogens (tertiary/aromatic N) is 2. The van der Waals surface area contributed by atoms with Crippen LogP contribution in [0.25, 0.3) is 0 Å². The van der Waals surface area contributed by atoms with Gasteiger partial charge in [-0.15, -0.1) is 11.3 Å². The van der Waals surface area contributed by atoms with Gasteiger partial charge in [-0.3, -0.25) is 4.79 Å². The molecule has 3 rings (SSSR count). The Morgan fingerprint density at radius 1 is 1.14 bits per heavy atom. The van der Waals surface area contributed by atoms with Gasteiger partial charge in [0.2, 0.25) is 5.76 Å². The highest BCUT2D eigenvalue weighted by Gasteiger charge is 2.19. The van der Waals surface area contributed by atoms with E-state index in [2.05, 4.69) is 5.16 Å². The van der Waals surface area contributed by atoms with Gasteiger partial charge in [0.15, 0.2) is 6.61 Å². The molecule has 3 aromatic rings. The molecule has 0 N–H and O–H groups in total. The molecule has 0 aliphatic carbocycles. The van der Waals surface area contributed by atoms with E-state index in [0.29, 0.717) is 18.8 Å². The van der Waals surface area contributed by atoms with Gasteiger partial charge in [-0.05, 0) is 38.0 Å². The van der Waals surface area contributed by atoms with Crippen molar-refractivity contribution in [2.75, 3.05) is 13.2 Å². The molecule has 0 unspecified atom stereocenters. The van der Waals surface area contributed by atoms with Crippen LogP contribution in [0.5, 0.6) is 0 Å². The molecule has 146 valence electrons. The van der Waals surface area contributed by atoms with Crippen LogP contribution >= 0.6 is 11.3 Å². The van der Waals surface area contributed by atoms with Crippen LogP contribution in [0, 0.1) is 13.8 Å². The molecular formula is C21H22N2O4S.